The number of rotatable bonds is 3. The molecule has 0 aromatic carbocycles. The number of nitrogens with zero attached hydrogens (tertiary/aromatic N) is 1. The molecule has 0 radical (unpaired) electrons. The molecule has 1 rings (SSSR count). The van der Waals surface area contributed by atoms with Crippen LogP contribution in [0.4, 0.5) is 0 Å². The van der Waals surface area contributed by atoms with Crippen molar-refractivity contribution in [1.82, 2.24) is 9.78 Å². The predicted molar refractivity (Wildman–Crippen MR) is 68.0 cm³/mol. The fourth-order valence-corrected chi connectivity index (χ4v) is 1.96. The van der Waals surface area contributed by atoms with Crippen LogP contribution in [-0.2, 0) is 18.4 Å². The van der Waals surface area contributed by atoms with Gasteiger partial charge in [0.25, 0.3) is 5.56 Å². The van der Waals surface area contributed by atoms with Crippen LogP contribution >= 0.6 is 0 Å². The third-order valence-electron chi connectivity index (χ3n) is 2.73. The Kier molecular flexibility index (Phi) is 3.66. The number of hydrogen-bond acceptors (Lipinski definition) is 1. The molecule has 0 spiro atoms. The summed E-state index contributed by atoms with van der Waals surface area (Å²) in [7, 11) is 0. The van der Waals surface area contributed by atoms with Gasteiger partial charge in [-0.3, -0.25) is 14.6 Å². The zero-order valence-corrected chi connectivity index (χ0v) is 11.3. The van der Waals surface area contributed by atoms with E-state index in [1.807, 2.05) is 6.92 Å². The molecule has 92 valence electrons. The van der Waals surface area contributed by atoms with Gasteiger partial charge >= 0.3 is 0 Å². The molecule has 0 unspecified atom stereocenters. The lowest BCUT2D eigenvalue weighted by Gasteiger charge is -2.18. The van der Waals surface area contributed by atoms with Crippen LogP contribution in [0.15, 0.2) is 4.79 Å². The summed E-state index contributed by atoms with van der Waals surface area (Å²) in [6, 6.07) is 0. The van der Waals surface area contributed by atoms with E-state index in [-0.39, 0.29) is 11.0 Å². The Balaban J connectivity index is 3.31. The molecule has 0 aliphatic rings. The lowest BCUT2D eigenvalue weighted by Crippen LogP contribution is -2.20. The first kappa shape index (κ1) is 13.1. The molecule has 3 nitrogen and oxygen atoms in total. The van der Waals surface area contributed by atoms with Crippen LogP contribution in [0.2, 0.25) is 0 Å². The summed E-state index contributed by atoms with van der Waals surface area (Å²) in [4.78, 5) is 12.1. The molecule has 16 heavy (non-hydrogen) atoms. The summed E-state index contributed by atoms with van der Waals surface area (Å²) < 4.78 is 1.71. The Morgan fingerprint density at radius 2 is 1.88 bits per heavy atom. The average molecular weight is 224 g/mol. The Hall–Kier alpha value is -0.990. The number of aromatic amines is 1. The lowest BCUT2D eigenvalue weighted by molar-refractivity contribution is 0.531. The maximum absolute atomic E-state index is 12.1. The molecule has 1 heterocycles. The van der Waals surface area contributed by atoms with Crippen molar-refractivity contribution >= 4 is 0 Å². The maximum atomic E-state index is 12.1. The average Bonchev–Trinajstić information content (AvgIpc) is 2.42. The Morgan fingerprint density at radius 1 is 1.31 bits per heavy atom. The summed E-state index contributed by atoms with van der Waals surface area (Å²) in [5.74, 6) is 0.509. The minimum absolute atomic E-state index is 0.00377. The van der Waals surface area contributed by atoms with Gasteiger partial charge in [0.15, 0.2) is 0 Å². The van der Waals surface area contributed by atoms with Crippen LogP contribution in [0.5, 0.6) is 0 Å². The van der Waals surface area contributed by atoms with Gasteiger partial charge in [0.1, 0.15) is 0 Å². The third kappa shape index (κ3) is 2.57. The molecule has 0 bridgehead atoms. The standard InChI is InChI=1S/C13H24N2O/c1-7-15-12(16)10(8-9(2)3)11(14-15)13(4,5)6/h9,14H,7-8H2,1-6H3. The van der Waals surface area contributed by atoms with Gasteiger partial charge in [0.05, 0.1) is 0 Å². The molecular formula is C13H24N2O. The summed E-state index contributed by atoms with van der Waals surface area (Å²) in [5, 5.41) is 3.25. The second kappa shape index (κ2) is 4.48. The molecule has 0 aliphatic heterocycles. The first-order valence-corrected chi connectivity index (χ1v) is 6.09. The van der Waals surface area contributed by atoms with Crippen molar-refractivity contribution in [1.29, 1.82) is 0 Å². The molecule has 0 aliphatic carbocycles. The zero-order valence-electron chi connectivity index (χ0n) is 11.3. The van der Waals surface area contributed by atoms with Gasteiger partial charge in [-0.25, -0.2) is 0 Å². The van der Waals surface area contributed by atoms with Crippen LogP contribution in [0, 0.1) is 5.92 Å². The smallest absolute Gasteiger partial charge is 0.269 e. The molecular weight excluding hydrogens is 200 g/mol. The molecule has 0 amide bonds. The van der Waals surface area contributed by atoms with E-state index in [1.165, 1.54) is 0 Å². The number of H-pyrrole nitrogens is 1. The van der Waals surface area contributed by atoms with Crippen molar-refractivity contribution in [2.75, 3.05) is 0 Å². The second-order valence-corrected chi connectivity index (χ2v) is 5.86. The van der Waals surface area contributed by atoms with Crippen LogP contribution < -0.4 is 5.56 Å². The van der Waals surface area contributed by atoms with Crippen molar-refractivity contribution in [3.8, 4) is 0 Å². The van der Waals surface area contributed by atoms with Crippen molar-refractivity contribution in [2.45, 2.75) is 59.9 Å². The predicted octanol–water partition coefficient (Wildman–Crippen LogP) is 2.69. The van der Waals surface area contributed by atoms with Gasteiger partial charge in [-0.1, -0.05) is 34.6 Å². The minimum Gasteiger partial charge on any atom is -0.299 e. The Morgan fingerprint density at radius 3 is 2.25 bits per heavy atom. The first-order valence-electron chi connectivity index (χ1n) is 6.09. The number of aromatic nitrogens is 2. The Bertz CT molecular complexity index is 405. The van der Waals surface area contributed by atoms with E-state index in [2.05, 4.69) is 39.7 Å². The van der Waals surface area contributed by atoms with Crippen LogP contribution in [0.1, 0.15) is 52.8 Å². The minimum atomic E-state index is 0.00377. The van der Waals surface area contributed by atoms with Crippen molar-refractivity contribution in [3.63, 3.8) is 0 Å². The van der Waals surface area contributed by atoms with Gasteiger partial charge in [-0.05, 0) is 19.3 Å². The van der Waals surface area contributed by atoms with E-state index >= 15 is 0 Å². The molecule has 1 N–H and O–H groups in total. The van der Waals surface area contributed by atoms with E-state index in [9.17, 15) is 4.79 Å². The van der Waals surface area contributed by atoms with Crippen LogP contribution in [0.25, 0.3) is 0 Å². The largest absolute Gasteiger partial charge is 0.299 e. The summed E-state index contributed by atoms with van der Waals surface area (Å²) in [6.45, 7) is 13.4. The van der Waals surface area contributed by atoms with Gasteiger partial charge < -0.3 is 0 Å². The van der Waals surface area contributed by atoms with Crippen molar-refractivity contribution in [3.05, 3.63) is 21.6 Å². The van der Waals surface area contributed by atoms with E-state index in [4.69, 9.17) is 0 Å². The quantitative estimate of drug-likeness (QED) is 0.842. The van der Waals surface area contributed by atoms with Gasteiger partial charge in [0.2, 0.25) is 0 Å². The zero-order chi connectivity index (χ0) is 12.5. The molecule has 0 saturated heterocycles. The van der Waals surface area contributed by atoms with Crippen molar-refractivity contribution < 1.29 is 0 Å². The molecule has 0 atom stereocenters. The molecule has 0 fully saturated rings. The lowest BCUT2D eigenvalue weighted by atomic mass is 9.87. The van der Waals surface area contributed by atoms with Crippen molar-refractivity contribution in [2.24, 2.45) is 5.92 Å². The van der Waals surface area contributed by atoms with Gasteiger partial charge in [-0.15, -0.1) is 0 Å². The first-order chi connectivity index (χ1) is 7.27. The highest BCUT2D eigenvalue weighted by atomic mass is 16.1. The molecule has 3 heteroatoms. The number of aryl methyl sites for hydroxylation is 1. The molecule has 1 aromatic rings. The highest BCUT2D eigenvalue weighted by molar-refractivity contribution is 5.24. The summed E-state index contributed by atoms with van der Waals surface area (Å²) >= 11 is 0. The van der Waals surface area contributed by atoms with E-state index in [0.29, 0.717) is 12.5 Å². The van der Waals surface area contributed by atoms with E-state index in [1.54, 1.807) is 4.68 Å². The van der Waals surface area contributed by atoms with Gasteiger partial charge in [-0.2, -0.15) is 0 Å². The topological polar surface area (TPSA) is 37.8 Å². The normalized spacial score (nSPS) is 12.4. The summed E-state index contributed by atoms with van der Waals surface area (Å²) in [6.07, 6.45) is 0.856. The molecule has 1 aromatic heterocycles. The monoisotopic (exact) mass is 224 g/mol. The summed E-state index contributed by atoms with van der Waals surface area (Å²) in [5.41, 5.74) is 2.21. The van der Waals surface area contributed by atoms with E-state index < -0.39 is 0 Å². The number of hydrogen-bond donors (Lipinski definition) is 1. The molecule has 0 saturated carbocycles. The van der Waals surface area contributed by atoms with Crippen LogP contribution in [0.3, 0.4) is 0 Å². The van der Waals surface area contributed by atoms with Crippen LogP contribution in [-0.4, -0.2) is 9.78 Å². The second-order valence-electron chi connectivity index (χ2n) is 5.86. The number of nitrogens with one attached hydrogen (secondary N) is 1. The fraction of sp³-hybridized carbons (Fsp3) is 0.769. The fourth-order valence-electron chi connectivity index (χ4n) is 1.96. The highest BCUT2D eigenvalue weighted by Crippen LogP contribution is 2.23. The Labute approximate surface area is 97.8 Å². The maximum Gasteiger partial charge on any atom is 0.269 e. The highest BCUT2D eigenvalue weighted by Gasteiger charge is 2.24. The SMILES string of the molecule is CCn1[nH]c(C(C)(C)C)c(CC(C)C)c1=O. The third-order valence-corrected chi connectivity index (χ3v) is 2.73. The van der Waals surface area contributed by atoms with Gasteiger partial charge in [0, 0.05) is 23.2 Å². The van der Waals surface area contributed by atoms with E-state index in [0.717, 1.165) is 17.7 Å².